The summed E-state index contributed by atoms with van der Waals surface area (Å²) in [6.07, 6.45) is 3.69. The van der Waals surface area contributed by atoms with E-state index in [9.17, 15) is 0 Å². The Morgan fingerprint density at radius 2 is 2.12 bits per heavy atom. The molecule has 4 aromatic rings. The maximum Gasteiger partial charge on any atom is 0.203 e. The lowest BCUT2D eigenvalue weighted by atomic mass is 10.1. The monoisotopic (exact) mass is 385 g/mol. The smallest absolute Gasteiger partial charge is 0.203 e. The zero-order valence-corrected chi connectivity index (χ0v) is 15.9. The van der Waals surface area contributed by atoms with Gasteiger partial charge in [0, 0.05) is 37.6 Å². The van der Waals surface area contributed by atoms with Gasteiger partial charge in [-0.25, -0.2) is 9.97 Å². The minimum atomic E-state index is 0.386. The highest BCUT2D eigenvalue weighted by molar-refractivity contribution is 7.22. The number of aromatic nitrogens is 5. The van der Waals surface area contributed by atoms with Gasteiger partial charge in [-0.2, -0.15) is 0 Å². The van der Waals surface area contributed by atoms with Gasteiger partial charge in [-0.05, 0) is 25.1 Å². The van der Waals surface area contributed by atoms with E-state index in [-0.39, 0.29) is 0 Å². The number of fused-ring (bicyclic) bond motifs is 2. The summed E-state index contributed by atoms with van der Waals surface area (Å²) < 4.78 is 3.08. The van der Waals surface area contributed by atoms with Crippen LogP contribution in [0.1, 0.15) is 5.82 Å². The summed E-state index contributed by atoms with van der Waals surface area (Å²) in [5.74, 6) is 1.75. The van der Waals surface area contributed by atoms with Gasteiger partial charge in [-0.3, -0.25) is 4.40 Å². The van der Waals surface area contributed by atoms with Gasteiger partial charge < -0.3 is 9.80 Å². The van der Waals surface area contributed by atoms with Crippen molar-refractivity contribution in [3.05, 3.63) is 41.4 Å². The molecule has 3 aromatic heterocycles. The van der Waals surface area contributed by atoms with Gasteiger partial charge in [-0.15, -0.1) is 10.2 Å². The lowest BCUT2D eigenvalue weighted by Crippen LogP contribution is -2.59. The number of rotatable bonds is 3. The molecule has 9 heteroatoms. The van der Waals surface area contributed by atoms with E-state index in [4.69, 9.17) is 16.6 Å². The van der Waals surface area contributed by atoms with Crippen molar-refractivity contribution in [2.45, 2.75) is 13.0 Å². The van der Waals surface area contributed by atoms with E-state index < -0.39 is 0 Å². The molecule has 1 aliphatic rings. The van der Waals surface area contributed by atoms with E-state index in [1.165, 1.54) is 0 Å². The number of halogens is 1. The lowest BCUT2D eigenvalue weighted by Gasteiger charge is -2.44. The van der Waals surface area contributed by atoms with Crippen molar-refractivity contribution in [2.24, 2.45) is 0 Å². The third-order valence-electron chi connectivity index (χ3n) is 4.83. The van der Waals surface area contributed by atoms with E-state index in [1.54, 1.807) is 17.5 Å². The molecule has 132 valence electrons. The molecule has 5 rings (SSSR count). The van der Waals surface area contributed by atoms with Crippen molar-refractivity contribution in [3.8, 4) is 0 Å². The molecule has 0 atom stereocenters. The van der Waals surface area contributed by atoms with Crippen molar-refractivity contribution < 1.29 is 0 Å². The number of likely N-dealkylation sites (N-methyl/N-ethyl adjacent to an activating group) is 1. The third kappa shape index (κ3) is 2.40. The molecule has 0 spiro atoms. The van der Waals surface area contributed by atoms with Crippen molar-refractivity contribution in [1.29, 1.82) is 0 Å². The van der Waals surface area contributed by atoms with Gasteiger partial charge in [0.2, 0.25) is 5.65 Å². The fourth-order valence-electron chi connectivity index (χ4n) is 3.22. The summed E-state index contributed by atoms with van der Waals surface area (Å²) >= 11 is 7.75. The molecule has 1 aromatic carbocycles. The maximum atomic E-state index is 6.08. The van der Waals surface area contributed by atoms with Crippen LogP contribution in [0, 0.1) is 6.92 Å². The van der Waals surface area contributed by atoms with Crippen LogP contribution in [-0.4, -0.2) is 50.7 Å². The average Bonchev–Trinajstić information content (AvgIpc) is 3.17. The number of benzene rings is 1. The molecular formula is C17H16ClN7S. The number of hydrogen-bond acceptors (Lipinski definition) is 7. The van der Waals surface area contributed by atoms with Crippen LogP contribution in [0.15, 0.2) is 30.6 Å². The van der Waals surface area contributed by atoms with Crippen molar-refractivity contribution in [2.75, 3.05) is 29.9 Å². The topological polar surface area (TPSA) is 62.5 Å². The van der Waals surface area contributed by atoms with Crippen LogP contribution < -0.4 is 9.80 Å². The van der Waals surface area contributed by atoms with Gasteiger partial charge in [0.05, 0.1) is 16.3 Å². The molecule has 0 bridgehead atoms. The van der Waals surface area contributed by atoms with E-state index in [2.05, 4.69) is 32.0 Å². The molecule has 0 saturated carbocycles. The van der Waals surface area contributed by atoms with Gasteiger partial charge in [0.1, 0.15) is 5.82 Å². The van der Waals surface area contributed by atoms with Gasteiger partial charge in [-0.1, -0.05) is 22.9 Å². The second kappa shape index (κ2) is 5.78. The highest BCUT2D eigenvalue weighted by Crippen LogP contribution is 2.33. The number of thiazole rings is 1. The van der Waals surface area contributed by atoms with Crippen LogP contribution in [0.5, 0.6) is 0 Å². The number of nitrogens with zero attached hydrogens (tertiary/aromatic N) is 7. The number of anilines is 2. The van der Waals surface area contributed by atoms with Crippen LogP contribution in [0.2, 0.25) is 5.02 Å². The third-order valence-corrected chi connectivity index (χ3v) is 6.17. The summed E-state index contributed by atoms with van der Waals surface area (Å²) in [6, 6.07) is 6.21. The summed E-state index contributed by atoms with van der Waals surface area (Å²) in [7, 11) is 2.09. The van der Waals surface area contributed by atoms with E-state index >= 15 is 0 Å². The summed E-state index contributed by atoms with van der Waals surface area (Å²) in [5, 5.41) is 10.2. The number of hydrogen-bond donors (Lipinski definition) is 0. The van der Waals surface area contributed by atoms with Crippen molar-refractivity contribution >= 4 is 49.8 Å². The Kier molecular flexibility index (Phi) is 3.51. The minimum absolute atomic E-state index is 0.386. The molecule has 1 fully saturated rings. The predicted octanol–water partition coefficient (Wildman–Crippen LogP) is 3.02. The molecule has 7 nitrogen and oxygen atoms in total. The van der Waals surface area contributed by atoms with Crippen molar-refractivity contribution in [3.63, 3.8) is 0 Å². The first kappa shape index (κ1) is 15.8. The van der Waals surface area contributed by atoms with Gasteiger partial charge >= 0.3 is 0 Å². The summed E-state index contributed by atoms with van der Waals surface area (Å²) in [5.41, 5.74) is 1.79. The quantitative estimate of drug-likeness (QED) is 0.540. The Balaban J connectivity index is 1.36. The first-order chi connectivity index (χ1) is 12.6. The summed E-state index contributed by atoms with van der Waals surface area (Å²) in [6.45, 7) is 3.70. The first-order valence-corrected chi connectivity index (χ1v) is 9.50. The zero-order chi connectivity index (χ0) is 17.8. The van der Waals surface area contributed by atoms with Crippen LogP contribution in [0.25, 0.3) is 15.9 Å². The Labute approximate surface area is 158 Å². The Morgan fingerprint density at radius 1 is 1.27 bits per heavy atom. The van der Waals surface area contributed by atoms with Gasteiger partial charge in [0.15, 0.2) is 10.9 Å². The molecule has 1 saturated heterocycles. The Hall–Kier alpha value is -2.45. The Morgan fingerprint density at radius 3 is 2.96 bits per heavy atom. The van der Waals surface area contributed by atoms with Crippen molar-refractivity contribution in [1.82, 2.24) is 24.6 Å². The maximum absolute atomic E-state index is 6.08. The standard InChI is InChI=1S/C17H16ClN7S/c1-10-21-22-16-15(19-5-6-25(10)16)24-8-12(9-24)23(2)17-20-13-4-3-11(18)7-14(13)26-17/h3-7,12H,8-9H2,1-2H3. The fraction of sp³-hybridized carbons (Fsp3) is 0.294. The van der Waals surface area contributed by atoms with Crippen LogP contribution in [0.3, 0.4) is 0 Å². The molecule has 0 N–H and O–H groups in total. The molecule has 0 amide bonds. The molecule has 1 aliphatic heterocycles. The SMILES string of the molecule is Cc1nnc2c(N3CC(N(C)c4nc5ccc(Cl)cc5s4)C3)nccn12. The molecular weight excluding hydrogens is 370 g/mol. The normalized spacial score (nSPS) is 15.0. The largest absolute Gasteiger partial charge is 0.349 e. The molecule has 0 radical (unpaired) electrons. The highest BCUT2D eigenvalue weighted by atomic mass is 35.5. The molecule has 4 heterocycles. The predicted molar refractivity (Wildman–Crippen MR) is 105 cm³/mol. The Bertz CT molecular complexity index is 1110. The van der Waals surface area contributed by atoms with E-state index in [1.807, 2.05) is 35.7 Å². The van der Waals surface area contributed by atoms with Gasteiger partial charge in [0.25, 0.3) is 0 Å². The number of aryl methyl sites for hydroxylation is 1. The van der Waals surface area contributed by atoms with E-state index in [0.29, 0.717) is 6.04 Å². The summed E-state index contributed by atoms with van der Waals surface area (Å²) in [4.78, 5) is 13.7. The molecule has 26 heavy (non-hydrogen) atoms. The molecule has 0 aliphatic carbocycles. The lowest BCUT2D eigenvalue weighted by molar-refractivity contribution is 0.492. The first-order valence-electron chi connectivity index (χ1n) is 8.30. The average molecular weight is 386 g/mol. The second-order valence-corrected chi connectivity index (χ2v) is 7.92. The minimum Gasteiger partial charge on any atom is -0.349 e. The van der Waals surface area contributed by atoms with Crippen LogP contribution in [0.4, 0.5) is 10.9 Å². The molecule has 0 unspecified atom stereocenters. The van der Waals surface area contributed by atoms with Crippen LogP contribution >= 0.6 is 22.9 Å². The highest BCUT2D eigenvalue weighted by Gasteiger charge is 2.33. The second-order valence-electron chi connectivity index (χ2n) is 6.47. The van der Waals surface area contributed by atoms with E-state index in [0.717, 1.165) is 50.7 Å². The fourth-order valence-corrected chi connectivity index (χ4v) is 4.49. The zero-order valence-electron chi connectivity index (χ0n) is 14.3. The van der Waals surface area contributed by atoms with Crippen LogP contribution in [-0.2, 0) is 0 Å².